The summed E-state index contributed by atoms with van der Waals surface area (Å²) in [7, 11) is 0. The van der Waals surface area contributed by atoms with Gasteiger partial charge in [-0.1, -0.05) is 60.1 Å². The maximum absolute atomic E-state index is 14.1. The van der Waals surface area contributed by atoms with Gasteiger partial charge in [-0.3, -0.25) is 57.5 Å². The molecular weight excluding hydrogens is 1180 g/mol. The minimum Gasteiger partial charge on any atom is -0.508 e. The summed E-state index contributed by atoms with van der Waals surface area (Å²) >= 11 is 5.42. The summed E-state index contributed by atoms with van der Waals surface area (Å²) < 4.78 is 0. The fourth-order valence-electron chi connectivity index (χ4n) is 8.30. The molecule has 0 unspecified atom stereocenters. The molecule has 1 aromatic rings. The molecule has 30 nitrogen and oxygen atoms in total. The number of carboxylic acids is 2. The van der Waals surface area contributed by atoms with Crippen molar-refractivity contribution in [1.82, 2.24) is 53.2 Å². The number of aliphatic hydroxyl groups is 1. The zero-order chi connectivity index (χ0) is 66.1. The summed E-state index contributed by atoms with van der Waals surface area (Å²) in [5.41, 5.74) is 17.6. The first-order chi connectivity index (χ1) is 40.9. The number of aromatic hydroxyl groups is 1. The van der Waals surface area contributed by atoms with Gasteiger partial charge >= 0.3 is 11.9 Å². The van der Waals surface area contributed by atoms with Crippen LogP contribution >= 0.6 is 24.4 Å². The molecule has 490 valence electrons. The largest absolute Gasteiger partial charge is 0.508 e. The van der Waals surface area contributed by atoms with Crippen molar-refractivity contribution in [3.8, 4) is 5.75 Å². The van der Waals surface area contributed by atoms with Gasteiger partial charge in [0, 0.05) is 18.6 Å². The van der Waals surface area contributed by atoms with Gasteiger partial charge in [0.25, 0.3) is 0 Å². The smallest absolute Gasteiger partial charge is 0.326 e. The Morgan fingerprint density at radius 2 is 1.02 bits per heavy atom. The standard InChI is InChI=1S/C55H91N13O17S2/c1-8-30(6)45(58)54(83)63-33(11-9-10-19-56)47(76)67-40(26-69)53(82)65-38(24-42(57)71)52(81)64-37(22-29(4)5)51(80)62-35(18-20-87-7)49(78)61-34(16-17-44(73)74)48(77)68-41(27-86)46(75)59-25-43(72)60-36(21-28(2)3)50(79)66-39(55(84)85)23-31-12-14-32(70)15-13-31/h12-15,28-30,33-41,45,69-70,86H,8-11,16-27,56,58H2,1-7H3,(H2,57,71)(H,59,75)(H,60,72)(H,61,78)(H,62,80)(H,63,83)(H,64,81)(H,65,82)(H,66,79)(H,67,76)(H,68,77)(H,73,74)(H,84,85)/t30-,33-,34-,35-,36-,37-,38-,39-,40-,41-,45-/m0/s1. The average Bonchev–Trinajstić information content (AvgIpc) is 3.03. The lowest BCUT2D eigenvalue weighted by molar-refractivity contribution is -0.142. The van der Waals surface area contributed by atoms with Gasteiger partial charge in [-0.2, -0.15) is 24.4 Å². The van der Waals surface area contributed by atoms with Crippen LogP contribution in [0.5, 0.6) is 5.75 Å². The molecule has 0 aromatic heterocycles. The molecule has 0 heterocycles. The van der Waals surface area contributed by atoms with E-state index >= 15 is 0 Å². The number of thiol groups is 1. The van der Waals surface area contributed by atoms with Crippen LogP contribution in [0.2, 0.25) is 0 Å². The topological polar surface area (TPSA) is 501 Å². The number of benzene rings is 1. The molecule has 0 aliphatic carbocycles. The highest BCUT2D eigenvalue weighted by Crippen LogP contribution is 2.15. The predicted molar refractivity (Wildman–Crippen MR) is 324 cm³/mol. The quantitative estimate of drug-likeness (QED) is 0.0223. The number of thioether (sulfide) groups is 1. The number of hydrogen-bond donors (Lipinski definition) is 18. The highest BCUT2D eigenvalue weighted by atomic mass is 32.2. The number of primary amides is 1. The Hall–Kier alpha value is -7.29. The second kappa shape index (κ2) is 41.0. The number of rotatable bonds is 43. The van der Waals surface area contributed by atoms with Gasteiger partial charge in [-0.25, -0.2) is 4.79 Å². The third-order valence-corrected chi connectivity index (χ3v) is 14.5. The van der Waals surface area contributed by atoms with E-state index in [0.717, 1.165) is 0 Å². The van der Waals surface area contributed by atoms with Gasteiger partial charge in [0.15, 0.2) is 0 Å². The highest BCUT2D eigenvalue weighted by Gasteiger charge is 2.36. The molecule has 0 bridgehead atoms. The van der Waals surface area contributed by atoms with Crippen LogP contribution in [0.1, 0.15) is 111 Å². The van der Waals surface area contributed by atoms with Crippen LogP contribution in [0.15, 0.2) is 24.3 Å². The third kappa shape index (κ3) is 30.3. The molecular formula is C55H91N13O17S2. The van der Waals surface area contributed by atoms with Crippen LogP contribution in [0.25, 0.3) is 0 Å². The maximum atomic E-state index is 14.1. The van der Waals surface area contributed by atoms with Crippen molar-refractivity contribution in [3.05, 3.63) is 29.8 Å². The number of phenols is 1. The number of aliphatic carboxylic acids is 2. The summed E-state index contributed by atoms with van der Waals surface area (Å²) in [4.78, 5) is 172. The van der Waals surface area contributed by atoms with Gasteiger partial charge in [0.05, 0.1) is 25.6 Å². The van der Waals surface area contributed by atoms with Crippen molar-refractivity contribution < 1.29 is 82.8 Å². The van der Waals surface area contributed by atoms with Gasteiger partial charge in [0.2, 0.25) is 65.0 Å². The Bertz CT molecular complexity index is 2480. The van der Waals surface area contributed by atoms with Crippen LogP contribution in [0.4, 0.5) is 0 Å². The number of aliphatic hydroxyl groups excluding tert-OH is 1. The van der Waals surface area contributed by atoms with E-state index in [1.54, 1.807) is 40.9 Å². The second-order valence-electron chi connectivity index (χ2n) is 21.7. The number of nitrogens with one attached hydrogen (secondary N) is 10. The minimum atomic E-state index is -1.80. The van der Waals surface area contributed by atoms with Crippen molar-refractivity contribution in [2.75, 3.05) is 37.5 Å². The fraction of sp³-hybridized carbons (Fsp3) is 0.655. The van der Waals surface area contributed by atoms with E-state index in [1.165, 1.54) is 36.0 Å². The van der Waals surface area contributed by atoms with Crippen LogP contribution in [-0.4, -0.2) is 195 Å². The number of carboxylic acid groups (broad SMARTS) is 2. The van der Waals surface area contributed by atoms with Crippen molar-refractivity contribution in [3.63, 3.8) is 0 Å². The molecule has 87 heavy (non-hydrogen) atoms. The number of nitrogens with two attached hydrogens (primary N) is 3. The number of phenolic OH excluding ortho intramolecular Hbond substituents is 1. The summed E-state index contributed by atoms with van der Waals surface area (Å²) in [5, 5.41) is 63.4. The molecule has 0 aliphatic rings. The van der Waals surface area contributed by atoms with Gasteiger partial charge in [-0.05, 0) is 98.9 Å². The molecule has 11 atom stereocenters. The normalized spacial score (nSPS) is 15.0. The number of amides is 11. The van der Waals surface area contributed by atoms with Crippen LogP contribution in [0, 0.1) is 17.8 Å². The number of carbonyl (C=O) groups excluding carboxylic acids is 11. The summed E-state index contributed by atoms with van der Waals surface area (Å²) in [6, 6.07) is -8.84. The van der Waals surface area contributed by atoms with Crippen molar-refractivity contribution >= 4 is 101 Å². The van der Waals surface area contributed by atoms with Crippen molar-refractivity contribution in [1.29, 1.82) is 0 Å². The number of carbonyl (C=O) groups is 13. The molecule has 0 radical (unpaired) electrons. The zero-order valence-corrected chi connectivity index (χ0v) is 52.0. The van der Waals surface area contributed by atoms with Gasteiger partial charge in [-0.15, -0.1) is 0 Å². The number of unbranched alkanes of at least 4 members (excludes halogenated alkanes) is 1. The van der Waals surface area contributed by atoms with Crippen molar-refractivity contribution in [2.45, 2.75) is 173 Å². The van der Waals surface area contributed by atoms with Crippen LogP contribution in [-0.2, 0) is 68.7 Å². The predicted octanol–water partition coefficient (Wildman–Crippen LogP) is -3.49. The Kier molecular flexibility index (Phi) is 36.6. The van der Waals surface area contributed by atoms with E-state index in [4.69, 9.17) is 17.2 Å². The molecule has 0 spiro atoms. The highest BCUT2D eigenvalue weighted by molar-refractivity contribution is 7.98. The van der Waals surface area contributed by atoms with E-state index in [0.29, 0.717) is 24.8 Å². The Morgan fingerprint density at radius 3 is 1.51 bits per heavy atom. The average molecular weight is 1270 g/mol. The van der Waals surface area contributed by atoms with Crippen molar-refractivity contribution in [2.24, 2.45) is 35.0 Å². The lowest BCUT2D eigenvalue weighted by Crippen LogP contribution is -2.61. The minimum absolute atomic E-state index is 0.0498. The zero-order valence-electron chi connectivity index (χ0n) is 50.3. The maximum Gasteiger partial charge on any atom is 0.326 e. The summed E-state index contributed by atoms with van der Waals surface area (Å²) in [5.74, 6) is -14.3. The molecule has 0 aliphatic heterocycles. The monoisotopic (exact) mass is 1270 g/mol. The van der Waals surface area contributed by atoms with Gasteiger partial charge in [0.1, 0.15) is 60.1 Å². The SMILES string of the molecule is CC[C@H](C)[C@H](N)C(=O)N[C@@H](CCCCN)C(=O)N[C@@H](CO)C(=O)N[C@@H](CC(N)=O)C(=O)N[C@@H](CC(C)C)C(=O)N[C@@H](CCSC)C(=O)N[C@@H](CCC(=O)O)C(=O)N[C@@H](CS)C(=O)NCC(=O)N[C@@H](CC(C)C)C(=O)N[C@@H](Cc1ccc(O)cc1)C(=O)O. The van der Waals surface area contributed by atoms with Gasteiger partial charge < -0.3 is 90.8 Å². The molecule has 32 heteroatoms. The Morgan fingerprint density at radius 1 is 0.575 bits per heavy atom. The molecule has 20 N–H and O–H groups in total. The Balaban J connectivity index is 3.31. The summed E-state index contributed by atoms with van der Waals surface area (Å²) in [6.07, 6.45) is 0.878. The molecule has 0 saturated heterocycles. The first-order valence-electron chi connectivity index (χ1n) is 28.6. The molecule has 0 saturated carbocycles. The number of hydrogen-bond acceptors (Lipinski definition) is 19. The van der Waals surface area contributed by atoms with E-state index in [9.17, 15) is 82.8 Å². The lowest BCUT2D eigenvalue weighted by atomic mass is 9.98. The second-order valence-corrected chi connectivity index (χ2v) is 23.1. The van der Waals surface area contributed by atoms with Crippen LogP contribution < -0.4 is 70.4 Å². The molecule has 0 fully saturated rings. The van der Waals surface area contributed by atoms with E-state index < -0.39 is 176 Å². The summed E-state index contributed by atoms with van der Waals surface area (Å²) in [6.45, 7) is 8.98. The Labute approximate surface area is 515 Å². The molecule has 11 amide bonds. The van der Waals surface area contributed by atoms with E-state index in [2.05, 4.69) is 65.8 Å². The lowest BCUT2D eigenvalue weighted by Gasteiger charge is -2.28. The molecule has 1 aromatic carbocycles. The first-order valence-corrected chi connectivity index (χ1v) is 30.6. The fourth-order valence-corrected chi connectivity index (χ4v) is 9.03. The van der Waals surface area contributed by atoms with E-state index in [1.807, 2.05) is 6.92 Å². The third-order valence-electron chi connectivity index (χ3n) is 13.4. The first kappa shape index (κ1) is 77.7. The molecule has 1 rings (SSSR count). The van der Waals surface area contributed by atoms with E-state index in [-0.39, 0.29) is 67.9 Å². The van der Waals surface area contributed by atoms with Crippen LogP contribution in [0.3, 0.4) is 0 Å².